The van der Waals surface area contributed by atoms with Gasteiger partial charge in [-0.3, -0.25) is 4.79 Å². The fourth-order valence-electron chi connectivity index (χ4n) is 3.03. The number of alkyl halides is 17. The molecule has 0 bridgehead atoms. The van der Waals surface area contributed by atoms with Gasteiger partial charge in [0.25, 0.3) is 0 Å². The van der Waals surface area contributed by atoms with Gasteiger partial charge in [-0.15, -0.1) is 0 Å². The highest BCUT2D eigenvalue weighted by molar-refractivity contribution is 5.92. The van der Waals surface area contributed by atoms with Crippen molar-refractivity contribution < 1.29 is 79.4 Å². The van der Waals surface area contributed by atoms with E-state index < -0.39 is 72.8 Å². The van der Waals surface area contributed by atoms with Gasteiger partial charge in [0.1, 0.15) is 0 Å². The Balaban J connectivity index is 5.90. The Morgan fingerprint density at radius 3 is 1.33 bits per heavy atom. The Bertz CT molecular complexity index is 863. The summed E-state index contributed by atoms with van der Waals surface area (Å²) < 4.78 is 225. The van der Waals surface area contributed by atoms with E-state index in [9.17, 15) is 79.4 Å². The van der Waals surface area contributed by atoms with Crippen LogP contribution in [0.1, 0.15) is 46.0 Å². The second-order valence-corrected chi connectivity index (χ2v) is 8.53. The molecular formula is C20H22F17NO. The minimum atomic E-state index is -8.62. The summed E-state index contributed by atoms with van der Waals surface area (Å²) >= 11 is 0. The topological polar surface area (TPSA) is 20.3 Å². The number of hydrogen-bond acceptors (Lipinski definition) is 1. The highest BCUT2D eigenvalue weighted by Crippen LogP contribution is 2.64. The van der Waals surface area contributed by atoms with Crippen LogP contribution in [0.2, 0.25) is 0 Å². The van der Waals surface area contributed by atoms with Gasteiger partial charge < -0.3 is 4.90 Å². The van der Waals surface area contributed by atoms with E-state index in [1.165, 1.54) is 6.92 Å². The van der Waals surface area contributed by atoms with Gasteiger partial charge in [-0.2, -0.15) is 74.6 Å². The number of carbonyl (C=O) groups excluding carboxylic acids is 1. The lowest BCUT2D eigenvalue weighted by Crippen LogP contribution is -2.74. The SMILES string of the molecule is C=C(C)C(=O)N(CCC)CCCCCC(F)(F)C(F)(F)C(F)(F)C(F)(F)C(F)(F)C(F)(F)C(F)(F)C(F)(F)F. The van der Waals surface area contributed by atoms with Gasteiger partial charge in [0, 0.05) is 25.1 Å². The summed E-state index contributed by atoms with van der Waals surface area (Å²) in [6.45, 7) is 6.21. The maximum Gasteiger partial charge on any atom is 0.460 e. The Kier molecular flexibility index (Phi) is 10.9. The van der Waals surface area contributed by atoms with E-state index in [2.05, 4.69) is 6.58 Å². The molecule has 0 aliphatic heterocycles. The highest BCUT2D eigenvalue weighted by atomic mass is 19.4. The first kappa shape index (κ1) is 37.0. The molecule has 0 aromatic rings. The molecule has 0 aromatic carbocycles. The summed E-state index contributed by atoms with van der Waals surface area (Å²) in [6.07, 6.45) is -11.9. The fraction of sp³-hybridized carbons (Fsp3) is 0.850. The molecule has 0 saturated heterocycles. The molecule has 0 atom stereocenters. The average molecular weight is 615 g/mol. The predicted molar refractivity (Wildman–Crippen MR) is 101 cm³/mol. The number of rotatable bonds is 15. The normalized spacial score (nSPS) is 14.9. The van der Waals surface area contributed by atoms with Crippen LogP contribution in [0.15, 0.2) is 12.2 Å². The maximum absolute atomic E-state index is 13.9. The highest BCUT2D eigenvalue weighted by Gasteiger charge is 2.95. The second-order valence-electron chi connectivity index (χ2n) is 8.53. The van der Waals surface area contributed by atoms with Gasteiger partial charge in [0.15, 0.2) is 0 Å². The Hall–Kier alpha value is -1.98. The van der Waals surface area contributed by atoms with Crippen LogP contribution >= 0.6 is 0 Å². The van der Waals surface area contributed by atoms with Crippen LogP contribution < -0.4 is 0 Å². The summed E-state index contributed by atoms with van der Waals surface area (Å²) in [5, 5.41) is 0. The second kappa shape index (κ2) is 11.5. The van der Waals surface area contributed by atoms with Gasteiger partial charge in [-0.1, -0.05) is 19.9 Å². The van der Waals surface area contributed by atoms with E-state index in [-0.39, 0.29) is 25.1 Å². The molecule has 0 spiro atoms. The van der Waals surface area contributed by atoms with Crippen molar-refractivity contribution in [1.29, 1.82) is 0 Å². The van der Waals surface area contributed by atoms with Gasteiger partial charge in [-0.25, -0.2) is 0 Å². The lowest BCUT2D eigenvalue weighted by molar-refractivity contribution is -0.461. The van der Waals surface area contributed by atoms with Crippen LogP contribution in [-0.4, -0.2) is 71.5 Å². The molecule has 0 aromatic heterocycles. The molecule has 0 saturated carbocycles. The smallest absolute Gasteiger partial charge is 0.339 e. The van der Waals surface area contributed by atoms with Crippen LogP contribution in [-0.2, 0) is 4.79 Å². The molecule has 0 radical (unpaired) electrons. The fourth-order valence-corrected chi connectivity index (χ4v) is 3.03. The molecule has 0 unspecified atom stereocenters. The monoisotopic (exact) mass is 615 g/mol. The van der Waals surface area contributed by atoms with E-state index in [4.69, 9.17) is 0 Å². The minimum Gasteiger partial charge on any atom is -0.339 e. The van der Waals surface area contributed by atoms with Gasteiger partial charge in [0.2, 0.25) is 5.91 Å². The Labute approximate surface area is 210 Å². The molecule has 0 N–H and O–H groups in total. The molecule has 0 heterocycles. The van der Waals surface area contributed by atoms with Crippen molar-refractivity contribution in [2.75, 3.05) is 13.1 Å². The average Bonchev–Trinajstić information content (AvgIpc) is 2.75. The zero-order chi connectivity index (χ0) is 31.7. The van der Waals surface area contributed by atoms with Crippen LogP contribution in [0.4, 0.5) is 74.6 Å². The summed E-state index contributed by atoms with van der Waals surface area (Å²) in [4.78, 5) is 13.0. The Morgan fingerprint density at radius 2 is 0.974 bits per heavy atom. The predicted octanol–water partition coefficient (Wildman–Crippen LogP) is 8.37. The third-order valence-corrected chi connectivity index (χ3v) is 5.35. The summed E-state index contributed by atoms with van der Waals surface area (Å²) in [6, 6.07) is 0. The van der Waals surface area contributed by atoms with Crippen LogP contribution in [0.3, 0.4) is 0 Å². The standard InChI is InChI=1S/C20H22F17NO/c1-4-9-38(12(39)11(2)3)10-7-5-6-8-13(21,22)14(23,24)15(25,26)16(27,28)17(29,30)18(31,32)19(33,34)20(35,36)37/h2,4-10H2,1,3H3. The molecule has 39 heavy (non-hydrogen) atoms. The molecule has 19 heteroatoms. The number of amides is 1. The minimum absolute atomic E-state index is 0.0492. The van der Waals surface area contributed by atoms with Crippen molar-refractivity contribution in [3.05, 3.63) is 12.2 Å². The van der Waals surface area contributed by atoms with Gasteiger partial charge in [-0.05, 0) is 26.2 Å². The quantitative estimate of drug-likeness (QED) is 0.103. The molecule has 0 rings (SSSR count). The molecule has 0 aliphatic rings. The molecule has 0 fully saturated rings. The third kappa shape index (κ3) is 6.35. The van der Waals surface area contributed by atoms with Crippen molar-refractivity contribution >= 4 is 5.91 Å². The first-order valence-electron chi connectivity index (χ1n) is 10.7. The van der Waals surface area contributed by atoms with Gasteiger partial charge in [0.05, 0.1) is 0 Å². The van der Waals surface area contributed by atoms with Crippen LogP contribution in [0.5, 0.6) is 0 Å². The molecule has 232 valence electrons. The lowest BCUT2D eigenvalue weighted by Gasteiger charge is -2.42. The molecule has 1 amide bonds. The Morgan fingerprint density at radius 1 is 0.590 bits per heavy atom. The van der Waals surface area contributed by atoms with Crippen molar-refractivity contribution in [3.63, 3.8) is 0 Å². The van der Waals surface area contributed by atoms with Crippen LogP contribution in [0.25, 0.3) is 0 Å². The first-order valence-corrected chi connectivity index (χ1v) is 10.7. The van der Waals surface area contributed by atoms with E-state index in [1.54, 1.807) is 6.92 Å². The van der Waals surface area contributed by atoms with Crippen molar-refractivity contribution in [1.82, 2.24) is 4.90 Å². The zero-order valence-corrected chi connectivity index (χ0v) is 19.9. The summed E-state index contributed by atoms with van der Waals surface area (Å²) in [5.41, 5.74) is 0.0492. The molecular weight excluding hydrogens is 593 g/mol. The molecule has 2 nitrogen and oxygen atoms in total. The number of nitrogens with zero attached hydrogens (tertiary/aromatic N) is 1. The van der Waals surface area contributed by atoms with Crippen LogP contribution in [0, 0.1) is 0 Å². The number of hydrogen-bond donors (Lipinski definition) is 0. The van der Waals surface area contributed by atoms with E-state index in [1.807, 2.05) is 0 Å². The van der Waals surface area contributed by atoms with E-state index in [0.29, 0.717) is 6.42 Å². The zero-order valence-electron chi connectivity index (χ0n) is 19.9. The van der Waals surface area contributed by atoms with Crippen molar-refractivity contribution in [2.45, 2.75) is 93.6 Å². The first-order chi connectivity index (χ1) is 17.0. The van der Waals surface area contributed by atoms with E-state index in [0.717, 1.165) is 4.90 Å². The maximum atomic E-state index is 13.9. The summed E-state index contributed by atoms with van der Waals surface area (Å²) in [7, 11) is 0. The number of unbranched alkanes of at least 4 members (excludes halogenated alkanes) is 2. The lowest BCUT2D eigenvalue weighted by atomic mass is 9.88. The largest absolute Gasteiger partial charge is 0.460 e. The van der Waals surface area contributed by atoms with Crippen molar-refractivity contribution in [3.8, 4) is 0 Å². The molecule has 0 aliphatic carbocycles. The number of carbonyl (C=O) groups is 1. The van der Waals surface area contributed by atoms with Crippen molar-refractivity contribution in [2.24, 2.45) is 0 Å². The third-order valence-electron chi connectivity index (χ3n) is 5.35. The number of halogens is 17. The van der Waals surface area contributed by atoms with E-state index >= 15 is 0 Å². The summed E-state index contributed by atoms with van der Waals surface area (Å²) in [5.74, 6) is -56.8. The van der Waals surface area contributed by atoms with Gasteiger partial charge >= 0.3 is 47.6 Å².